The molecule has 0 saturated carbocycles. The highest BCUT2D eigenvalue weighted by molar-refractivity contribution is 6.16. The Bertz CT molecular complexity index is 1080. The van der Waals surface area contributed by atoms with Crippen LogP contribution >= 0.6 is 0 Å². The van der Waals surface area contributed by atoms with Gasteiger partial charge in [0.25, 0.3) is 0 Å². The number of nitrogens with zero attached hydrogens (tertiary/aromatic N) is 1. The first-order chi connectivity index (χ1) is 12.2. The monoisotopic (exact) mass is 332 g/mol. The molecule has 1 N–H and O–H groups in total. The van der Waals surface area contributed by atoms with Crippen LogP contribution in [0.5, 0.6) is 5.75 Å². The molecule has 2 heterocycles. The molecule has 2 aromatic heterocycles. The quantitative estimate of drug-likeness (QED) is 0.572. The number of pyridine rings is 1. The van der Waals surface area contributed by atoms with Crippen molar-refractivity contribution in [1.29, 1.82) is 0 Å². The van der Waals surface area contributed by atoms with Crippen LogP contribution in [0.15, 0.2) is 54.7 Å². The van der Waals surface area contributed by atoms with E-state index in [-0.39, 0.29) is 0 Å². The van der Waals surface area contributed by atoms with E-state index < -0.39 is 5.97 Å². The summed E-state index contributed by atoms with van der Waals surface area (Å²) in [6, 6.07) is 15.3. The Balaban J connectivity index is 2.03. The van der Waals surface area contributed by atoms with Crippen LogP contribution < -0.4 is 4.74 Å². The van der Waals surface area contributed by atoms with Gasteiger partial charge in [0.1, 0.15) is 11.3 Å². The number of carbonyl (C=O) groups excluding carboxylic acids is 1. The Hall–Kier alpha value is -3.34. The van der Waals surface area contributed by atoms with E-state index in [1.165, 1.54) is 7.11 Å². The maximum atomic E-state index is 12.5. The van der Waals surface area contributed by atoms with Gasteiger partial charge in [0.2, 0.25) is 0 Å². The van der Waals surface area contributed by atoms with Crippen LogP contribution in [0.4, 0.5) is 0 Å². The van der Waals surface area contributed by atoms with Crippen LogP contribution in [0, 0.1) is 0 Å². The first-order valence-electron chi connectivity index (χ1n) is 7.85. The van der Waals surface area contributed by atoms with Crippen LogP contribution in [0.25, 0.3) is 33.1 Å². The number of hydrogen-bond donors (Lipinski definition) is 1. The molecule has 124 valence electrons. The van der Waals surface area contributed by atoms with Crippen LogP contribution in [0.1, 0.15) is 10.4 Å². The number of methoxy groups -OCH3 is 2. The number of aromatic nitrogens is 2. The van der Waals surface area contributed by atoms with Crippen molar-refractivity contribution in [2.75, 3.05) is 14.2 Å². The van der Waals surface area contributed by atoms with Gasteiger partial charge in [0.15, 0.2) is 0 Å². The van der Waals surface area contributed by atoms with E-state index in [9.17, 15) is 4.79 Å². The maximum absolute atomic E-state index is 12.5. The van der Waals surface area contributed by atoms with Crippen LogP contribution in [-0.4, -0.2) is 30.2 Å². The third-order valence-corrected chi connectivity index (χ3v) is 4.31. The highest BCUT2D eigenvalue weighted by atomic mass is 16.5. The highest BCUT2D eigenvalue weighted by Crippen LogP contribution is 2.33. The van der Waals surface area contributed by atoms with E-state index in [0.29, 0.717) is 11.3 Å². The second-order valence-corrected chi connectivity index (χ2v) is 5.66. The third-order valence-electron chi connectivity index (χ3n) is 4.31. The summed E-state index contributed by atoms with van der Waals surface area (Å²) in [7, 11) is 2.99. The Morgan fingerprint density at radius 3 is 2.48 bits per heavy atom. The summed E-state index contributed by atoms with van der Waals surface area (Å²) in [6.45, 7) is 0. The fraction of sp³-hybridized carbons (Fsp3) is 0.100. The topological polar surface area (TPSA) is 64.2 Å². The number of benzene rings is 2. The van der Waals surface area contributed by atoms with Gasteiger partial charge in [0, 0.05) is 28.0 Å². The molecule has 25 heavy (non-hydrogen) atoms. The molecule has 2 aromatic carbocycles. The summed E-state index contributed by atoms with van der Waals surface area (Å²) in [5.74, 6) is 0.325. The molecule has 0 aliphatic rings. The lowest BCUT2D eigenvalue weighted by Gasteiger charge is -2.09. The summed E-state index contributed by atoms with van der Waals surface area (Å²) < 4.78 is 10.2. The zero-order chi connectivity index (χ0) is 17.4. The van der Waals surface area contributed by atoms with Crippen molar-refractivity contribution in [2.24, 2.45) is 0 Å². The third kappa shape index (κ3) is 2.41. The first kappa shape index (κ1) is 15.2. The highest BCUT2D eigenvalue weighted by Gasteiger charge is 2.21. The van der Waals surface area contributed by atoms with Crippen molar-refractivity contribution in [3.8, 4) is 17.0 Å². The van der Waals surface area contributed by atoms with Gasteiger partial charge in [-0.05, 0) is 30.3 Å². The van der Waals surface area contributed by atoms with Gasteiger partial charge in [-0.1, -0.05) is 18.2 Å². The lowest BCUT2D eigenvalue weighted by Crippen LogP contribution is -2.06. The molecule has 4 rings (SSSR count). The summed E-state index contributed by atoms with van der Waals surface area (Å²) in [4.78, 5) is 20.4. The van der Waals surface area contributed by atoms with E-state index in [0.717, 1.165) is 33.1 Å². The molecule has 0 amide bonds. The predicted molar refractivity (Wildman–Crippen MR) is 96.9 cm³/mol. The number of esters is 1. The zero-order valence-corrected chi connectivity index (χ0v) is 13.9. The number of H-pyrrole nitrogens is 1. The van der Waals surface area contributed by atoms with Gasteiger partial charge in [-0.3, -0.25) is 4.98 Å². The minimum Gasteiger partial charge on any atom is -0.497 e. The van der Waals surface area contributed by atoms with E-state index in [4.69, 9.17) is 9.47 Å². The first-order valence-corrected chi connectivity index (χ1v) is 7.85. The van der Waals surface area contributed by atoms with Crippen LogP contribution in [0.2, 0.25) is 0 Å². The van der Waals surface area contributed by atoms with Gasteiger partial charge in [-0.25, -0.2) is 4.79 Å². The Labute approximate surface area is 144 Å². The molecule has 0 radical (unpaired) electrons. The van der Waals surface area contributed by atoms with Crippen molar-refractivity contribution in [3.63, 3.8) is 0 Å². The summed E-state index contributed by atoms with van der Waals surface area (Å²) >= 11 is 0. The average molecular weight is 332 g/mol. The SMILES string of the molecule is COC(=O)c1c(-c2ccc(OC)cc2)ncc2c1[nH]c1ccccc12. The average Bonchev–Trinajstić information content (AvgIpc) is 3.05. The van der Waals surface area contributed by atoms with Gasteiger partial charge >= 0.3 is 5.97 Å². The molecule has 5 heteroatoms. The molecule has 4 aromatic rings. The van der Waals surface area contributed by atoms with E-state index in [2.05, 4.69) is 9.97 Å². The van der Waals surface area contributed by atoms with Gasteiger partial charge < -0.3 is 14.5 Å². The smallest absolute Gasteiger partial charge is 0.342 e. The van der Waals surface area contributed by atoms with Gasteiger partial charge in [-0.15, -0.1) is 0 Å². The number of hydrogen-bond acceptors (Lipinski definition) is 4. The zero-order valence-electron chi connectivity index (χ0n) is 13.9. The molecular formula is C20H16N2O3. The van der Waals surface area contributed by atoms with Crippen LogP contribution in [0.3, 0.4) is 0 Å². The normalized spacial score (nSPS) is 11.0. The van der Waals surface area contributed by atoms with Gasteiger partial charge in [-0.2, -0.15) is 0 Å². The Morgan fingerprint density at radius 1 is 1.00 bits per heavy atom. The lowest BCUT2D eigenvalue weighted by molar-refractivity contribution is 0.0603. The van der Waals surface area contributed by atoms with E-state index >= 15 is 0 Å². The minimum absolute atomic E-state index is 0.421. The van der Waals surface area contributed by atoms with Gasteiger partial charge in [0.05, 0.1) is 25.4 Å². The molecule has 0 aliphatic heterocycles. The van der Waals surface area contributed by atoms with Crippen molar-refractivity contribution in [1.82, 2.24) is 9.97 Å². The van der Waals surface area contributed by atoms with E-state index in [1.54, 1.807) is 13.3 Å². The second-order valence-electron chi connectivity index (χ2n) is 5.66. The summed E-state index contributed by atoms with van der Waals surface area (Å²) in [6.07, 6.45) is 1.79. The summed E-state index contributed by atoms with van der Waals surface area (Å²) in [5.41, 5.74) is 3.52. The van der Waals surface area contributed by atoms with E-state index in [1.807, 2.05) is 48.5 Å². The number of fused-ring (bicyclic) bond motifs is 3. The number of nitrogens with one attached hydrogen (secondary N) is 1. The van der Waals surface area contributed by atoms with Crippen molar-refractivity contribution < 1.29 is 14.3 Å². The molecule has 0 aliphatic carbocycles. The van der Waals surface area contributed by atoms with Crippen molar-refractivity contribution in [3.05, 3.63) is 60.3 Å². The Kier molecular flexibility index (Phi) is 3.61. The predicted octanol–water partition coefficient (Wildman–Crippen LogP) is 4.18. The molecule has 0 atom stereocenters. The van der Waals surface area contributed by atoms with Crippen molar-refractivity contribution in [2.45, 2.75) is 0 Å². The minimum atomic E-state index is -0.421. The number of para-hydroxylation sites is 1. The number of ether oxygens (including phenoxy) is 2. The summed E-state index contributed by atoms with van der Waals surface area (Å²) in [5, 5.41) is 1.92. The molecule has 0 fully saturated rings. The number of carbonyl (C=O) groups is 1. The molecular weight excluding hydrogens is 316 g/mol. The largest absolute Gasteiger partial charge is 0.497 e. The fourth-order valence-corrected chi connectivity index (χ4v) is 3.08. The number of rotatable bonds is 3. The van der Waals surface area contributed by atoms with Crippen molar-refractivity contribution >= 4 is 27.8 Å². The molecule has 0 bridgehead atoms. The molecule has 5 nitrogen and oxygen atoms in total. The fourth-order valence-electron chi connectivity index (χ4n) is 3.08. The second kappa shape index (κ2) is 5.94. The maximum Gasteiger partial charge on any atom is 0.342 e. The number of aromatic amines is 1. The Morgan fingerprint density at radius 2 is 1.76 bits per heavy atom. The molecule has 0 unspecified atom stereocenters. The standard InChI is InChI=1S/C20H16N2O3/c1-24-13-9-7-12(8-10-13)18-17(20(23)25-2)19-15(11-21-18)14-5-3-4-6-16(14)22-19/h3-11,22H,1-2H3. The molecule has 0 saturated heterocycles. The molecule has 0 spiro atoms. The lowest BCUT2D eigenvalue weighted by atomic mass is 10.0. The van der Waals surface area contributed by atoms with Crippen LogP contribution in [-0.2, 0) is 4.74 Å².